The Labute approximate surface area is 169 Å². The molecule has 1 saturated heterocycles. The number of hydrogen-bond donors (Lipinski definition) is 0. The van der Waals surface area contributed by atoms with E-state index in [1.54, 1.807) is 6.08 Å². The van der Waals surface area contributed by atoms with Crippen molar-refractivity contribution in [3.05, 3.63) is 68.1 Å². The Bertz CT molecular complexity index is 915. The molecule has 0 bridgehead atoms. The molecule has 0 radical (unpaired) electrons. The largest absolute Gasteiger partial charge is 0.488 e. The topological polar surface area (TPSA) is 46.6 Å². The summed E-state index contributed by atoms with van der Waals surface area (Å²) in [6.45, 7) is 0.396. The number of hydrogen-bond acceptors (Lipinski definition) is 4. The van der Waals surface area contributed by atoms with Crippen molar-refractivity contribution >= 4 is 51.6 Å². The summed E-state index contributed by atoms with van der Waals surface area (Å²) in [6.07, 6.45) is 6.89. The summed E-state index contributed by atoms with van der Waals surface area (Å²) in [7, 11) is 0. The first-order chi connectivity index (χ1) is 12.6. The molecule has 2 aromatic rings. The lowest BCUT2D eigenvalue weighted by molar-refractivity contribution is -0.122. The normalized spacial score (nSPS) is 15.4. The van der Waals surface area contributed by atoms with Crippen molar-refractivity contribution < 1.29 is 14.3 Å². The minimum absolute atomic E-state index is 0.0209. The summed E-state index contributed by atoms with van der Waals surface area (Å²) in [6, 6.07) is 15.5. The van der Waals surface area contributed by atoms with Gasteiger partial charge in [0.15, 0.2) is 0 Å². The van der Waals surface area contributed by atoms with Gasteiger partial charge in [-0.1, -0.05) is 36.3 Å². The number of halogens is 1. The number of terminal acetylenes is 1. The van der Waals surface area contributed by atoms with Crippen LogP contribution in [0.3, 0.4) is 0 Å². The number of imide groups is 1. The van der Waals surface area contributed by atoms with E-state index < -0.39 is 0 Å². The average molecular weight is 475 g/mol. The van der Waals surface area contributed by atoms with Gasteiger partial charge in [-0.05, 0) is 64.2 Å². The maximum atomic E-state index is 12.3. The van der Waals surface area contributed by atoms with Crippen molar-refractivity contribution in [2.45, 2.75) is 6.61 Å². The molecule has 2 aromatic carbocycles. The number of para-hydroxylation sites is 1. The lowest BCUT2D eigenvalue weighted by Gasteiger charge is -2.10. The van der Waals surface area contributed by atoms with Crippen LogP contribution in [0, 0.1) is 15.9 Å². The van der Waals surface area contributed by atoms with Gasteiger partial charge < -0.3 is 4.74 Å². The molecular formula is C20H14INO3S. The van der Waals surface area contributed by atoms with Gasteiger partial charge in [0.1, 0.15) is 12.4 Å². The maximum Gasteiger partial charge on any atom is 0.294 e. The molecule has 0 spiro atoms. The van der Waals surface area contributed by atoms with Crippen LogP contribution in [0.1, 0.15) is 11.1 Å². The van der Waals surface area contributed by atoms with Crippen molar-refractivity contribution in [2.75, 3.05) is 6.54 Å². The van der Waals surface area contributed by atoms with E-state index in [1.165, 1.54) is 0 Å². The van der Waals surface area contributed by atoms with E-state index in [9.17, 15) is 9.59 Å². The van der Waals surface area contributed by atoms with Crippen molar-refractivity contribution in [1.82, 2.24) is 4.90 Å². The van der Waals surface area contributed by atoms with Crippen molar-refractivity contribution in [2.24, 2.45) is 0 Å². The number of amides is 2. The van der Waals surface area contributed by atoms with Crippen LogP contribution in [0.4, 0.5) is 4.79 Å². The number of ether oxygens (including phenoxy) is 1. The van der Waals surface area contributed by atoms with Crippen LogP contribution < -0.4 is 4.74 Å². The van der Waals surface area contributed by atoms with Crippen molar-refractivity contribution in [1.29, 1.82) is 0 Å². The van der Waals surface area contributed by atoms with Gasteiger partial charge in [0.25, 0.3) is 11.1 Å². The molecule has 3 rings (SSSR count). The molecule has 2 amide bonds. The molecule has 0 aromatic heterocycles. The SMILES string of the molecule is C#CCN1C(=O)SC(=Cc2ccccc2OCc2ccc(I)cc2)C1=O. The summed E-state index contributed by atoms with van der Waals surface area (Å²) in [4.78, 5) is 25.6. The van der Waals surface area contributed by atoms with E-state index in [0.29, 0.717) is 17.3 Å². The molecular weight excluding hydrogens is 461 g/mol. The molecule has 0 atom stereocenters. The monoisotopic (exact) mass is 475 g/mol. The molecule has 1 heterocycles. The Hall–Kier alpha value is -2.24. The summed E-state index contributed by atoms with van der Waals surface area (Å²) >= 11 is 3.14. The second kappa shape index (κ2) is 8.43. The predicted octanol–water partition coefficient (Wildman–Crippen LogP) is 4.54. The second-order valence-corrected chi connectivity index (χ2v) is 7.66. The van der Waals surface area contributed by atoms with Crippen molar-refractivity contribution in [3.8, 4) is 18.1 Å². The van der Waals surface area contributed by atoms with E-state index in [1.807, 2.05) is 48.5 Å². The van der Waals surface area contributed by atoms with Crippen LogP contribution in [0.5, 0.6) is 5.75 Å². The van der Waals surface area contributed by atoms with Crippen LogP contribution in [-0.2, 0) is 11.4 Å². The number of nitrogens with zero attached hydrogens (tertiary/aromatic N) is 1. The first-order valence-corrected chi connectivity index (χ1v) is 9.63. The molecule has 0 unspecified atom stereocenters. The number of thioether (sulfide) groups is 1. The minimum atomic E-state index is -0.370. The zero-order valence-corrected chi connectivity index (χ0v) is 16.6. The van der Waals surface area contributed by atoms with Crippen LogP contribution in [0.25, 0.3) is 6.08 Å². The van der Waals surface area contributed by atoms with Crippen LogP contribution in [0.2, 0.25) is 0 Å². The third kappa shape index (κ3) is 4.29. The van der Waals surface area contributed by atoms with Gasteiger partial charge in [-0.2, -0.15) is 0 Å². The van der Waals surface area contributed by atoms with E-state index >= 15 is 0 Å². The van der Waals surface area contributed by atoms with Gasteiger partial charge in [0.2, 0.25) is 0 Å². The fraction of sp³-hybridized carbons (Fsp3) is 0.100. The van der Waals surface area contributed by atoms with E-state index in [0.717, 1.165) is 31.4 Å². The molecule has 0 saturated carbocycles. The molecule has 4 nitrogen and oxygen atoms in total. The maximum absolute atomic E-state index is 12.3. The molecule has 26 heavy (non-hydrogen) atoms. The zero-order chi connectivity index (χ0) is 18.5. The zero-order valence-electron chi connectivity index (χ0n) is 13.6. The number of rotatable bonds is 5. The summed E-state index contributed by atoms with van der Waals surface area (Å²) in [5, 5.41) is -0.350. The van der Waals surface area contributed by atoms with Gasteiger partial charge in [-0.3, -0.25) is 14.5 Å². The highest BCUT2D eigenvalue weighted by molar-refractivity contribution is 14.1. The lowest BCUT2D eigenvalue weighted by Crippen LogP contribution is -2.28. The Morgan fingerprint density at radius 2 is 1.88 bits per heavy atom. The molecule has 0 aliphatic carbocycles. The minimum Gasteiger partial charge on any atom is -0.488 e. The standard InChI is InChI=1S/C20H14INO3S/c1-2-11-22-19(23)18(26-20(22)24)12-15-5-3-4-6-17(15)25-13-14-7-9-16(21)10-8-14/h1,3-10,12H,11,13H2. The lowest BCUT2D eigenvalue weighted by atomic mass is 10.1. The summed E-state index contributed by atoms with van der Waals surface area (Å²) in [5.41, 5.74) is 1.79. The summed E-state index contributed by atoms with van der Waals surface area (Å²) in [5.74, 6) is 2.61. The first kappa shape index (κ1) is 18.5. The van der Waals surface area contributed by atoms with Gasteiger partial charge in [-0.15, -0.1) is 6.42 Å². The smallest absolute Gasteiger partial charge is 0.294 e. The van der Waals surface area contributed by atoms with Crippen molar-refractivity contribution in [3.63, 3.8) is 0 Å². The van der Waals surface area contributed by atoms with Crippen LogP contribution in [0.15, 0.2) is 53.4 Å². The Morgan fingerprint density at radius 3 is 2.62 bits per heavy atom. The highest BCUT2D eigenvalue weighted by Crippen LogP contribution is 2.33. The first-order valence-electron chi connectivity index (χ1n) is 7.73. The Morgan fingerprint density at radius 1 is 1.15 bits per heavy atom. The molecule has 130 valence electrons. The van der Waals surface area contributed by atoms with E-state index in [-0.39, 0.29) is 17.7 Å². The molecule has 1 fully saturated rings. The van der Waals surface area contributed by atoms with E-state index in [4.69, 9.17) is 11.2 Å². The van der Waals surface area contributed by atoms with Crippen LogP contribution >= 0.6 is 34.4 Å². The predicted molar refractivity (Wildman–Crippen MR) is 111 cm³/mol. The number of carbonyl (C=O) groups excluding carboxylic acids is 2. The summed E-state index contributed by atoms with van der Waals surface area (Å²) < 4.78 is 7.07. The molecule has 1 aliphatic rings. The third-order valence-corrected chi connectivity index (χ3v) is 5.26. The van der Waals surface area contributed by atoms with Gasteiger partial charge >= 0.3 is 0 Å². The third-order valence-electron chi connectivity index (χ3n) is 3.64. The fourth-order valence-corrected chi connectivity index (χ4v) is 3.53. The van der Waals surface area contributed by atoms with Crippen LogP contribution in [-0.4, -0.2) is 22.6 Å². The number of carbonyl (C=O) groups is 2. The van der Waals surface area contributed by atoms with Gasteiger partial charge in [0, 0.05) is 9.13 Å². The highest BCUT2D eigenvalue weighted by atomic mass is 127. The molecule has 6 heteroatoms. The molecule has 0 N–H and O–H groups in total. The molecule has 1 aliphatic heterocycles. The van der Waals surface area contributed by atoms with E-state index in [2.05, 4.69) is 28.5 Å². The number of benzene rings is 2. The highest BCUT2D eigenvalue weighted by Gasteiger charge is 2.34. The Kier molecular flexibility index (Phi) is 6.01. The average Bonchev–Trinajstić information content (AvgIpc) is 2.90. The Balaban J connectivity index is 1.79. The second-order valence-electron chi connectivity index (χ2n) is 5.42. The van der Waals surface area contributed by atoms with Gasteiger partial charge in [-0.25, -0.2) is 0 Å². The quantitative estimate of drug-likeness (QED) is 0.362. The fourth-order valence-electron chi connectivity index (χ4n) is 2.34. The van der Waals surface area contributed by atoms with Gasteiger partial charge in [0.05, 0.1) is 11.4 Å².